The second-order valence-corrected chi connectivity index (χ2v) is 9.06. The third-order valence-electron chi connectivity index (χ3n) is 7.39. The van der Waals surface area contributed by atoms with Crippen LogP contribution in [-0.2, 0) is 16.0 Å². The first kappa shape index (κ1) is 18.5. The predicted molar refractivity (Wildman–Crippen MR) is 103 cm³/mol. The molecule has 27 heavy (non-hydrogen) atoms. The molecule has 4 bridgehead atoms. The number of aliphatic carboxylic acids is 1. The molecule has 3 N–H and O–H groups in total. The van der Waals surface area contributed by atoms with Crippen molar-refractivity contribution >= 4 is 11.9 Å². The molecule has 0 saturated heterocycles. The first-order valence-corrected chi connectivity index (χ1v) is 10.2. The van der Waals surface area contributed by atoms with Crippen LogP contribution in [0.15, 0.2) is 24.3 Å². The Morgan fingerprint density at radius 2 is 1.85 bits per heavy atom. The molecule has 5 rings (SSSR count). The Morgan fingerprint density at radius 3 is 2.44 bits per heavy atom. The normalized spacial score (nSPS) is 35.0. The van der Waals surface area contributed by atoms with E-state index in [0.29, 0.717) is 24.2 Å². The minimum absolute atomic E-state index is 0.0441. The van der Waals surface area contributed by atoms with Crippen LogP contribution in [-0.4, -0.2) is 36.1 Å². The lowest BCUT2D eigenvalue weighted by atomic mass is 9.48. The van der Waals surface area contributed by atoms with Gasteiger partial charge in [-0.05, 0) is 81.4 Å². The van der Waals surface area contributed by atoms with Gasteiger partial charge < -0.3 is 15.7 Å². The predicted octanol–water partition coefficient (Wildman–Crippen LogP) is 2.52. The Labute approximate surface area is 160 Å². The fourth-order valence-corrected chi connectivity index (χ4v) is 6.17. The van der Waals surface area contributed by atoms with Gasteiger partial charge in [0.05, 0.1) is 11.5 Å². The van der Waals surface area contributed by atoms with Crippen LogP contribution in [0.25, 0.3) is 0 Å². The number of rotatable bonds is 6. The van der Waals surface area contributed by atoms with E-state index in [1.807, 2.05) is 19.2 Å². The van der Waals surface area contributed by atoms with Crippen molar-refractivity contribution in [1.29, 1.82) is 0 Å². The van der Waals surface area contributed by atoms with Crippen LogP contribution in [0.3, 0.4) is 0 Å². The average molecular weight is 370 g/mol. The van der Waals surface area contributed by atoms with Gasteiger partial charge >= 0.3 is 5.97 Å². The van der Waals surface area contributed by atoms with Crippen molar-refractivity contribution in [3.63, 3.8) is 0 Å². The van der Waals surface area contributed by atoms with Crippen LogP contribution in [0.1, 0.15) is 43.2 Å². The Kier molecular flexibility index (Phi) is 4.75. The lowest BCUT2D eigenvalue weighted by molar-refractivity contribution is -0.167. The molecule has 0 heterocycles. The van der Waals surface area contributed by atoms with E-state index in [2.05, 4.69) is 29.7 Å². The number of aryl methyl sites for hydroxylation is 1. The van der Waals surface area contributed by atoms with Crippen molar-refractivity contribution in [1.82, 2.24) is 10.6 Å². The second kappa shape index (κ2) is 6.93. The molecule has 5 nitrogen and oxygen atoms in total. The zero-order valence-corrected chi connectivity index (χ0v) is 16.2. The maximum absolute atomic E-state index is 13.0. The molecular formula is C22H30N2O3. The summed E-state index contributed by atoms with van der Waals surface area (Å²) < 4.78 is 0. The van der Waals surface area contributed by atoms with Gasteiger partial charge in [0.15, 0.2) is 0 Å². The number of carboxylic acid groups (broad SMARTS) is 1. The Bertz CT molecular complexity index is 731. The number of likely N-dealkylation sites (N-methyl/N-ethyl adjacent to an activating group) is 1. The van der Waals surface area contributed by atoms with E-state index >= 15 is 0 Å². The molecule has 5 heteroatoms. The van der Waals surface area contributed by atoms with E-state index in [0.717, 1.165) is 32.1 Å². The van der Waals surface area contributed by atoms with Gasteiger partial charge in [-0.3, -0.25) is 9.59 Å². The highest BCUT2D eigenvalue weighted by Gasteiger charge is 2.59. The highest BCUT2D eigenvalue weighted by molar-refractivity contribution is 5.82. The van der Waals surface area contributed by atoms with Gasteiger partial charge in [-0.2, -0.15) is 0 Å². The molecule has 0 spiro atoms. The first-order chi connectivity index (χ1) is 12.9. The number of nitrogens with one attached hydrogen (secondary N) is 2. The highest BCUT2D eigenvalue weighted by atomic mass is 16.4. The highest BCUT2D eigenvalue weighted by Crippen LogP contribution is 2.60. The quantitative estimate of drug-likeness (QED) is 0.719. The van der Waals surface area contributed by atoms with E-state index < -0.39 is 11.4 Å². The fourth-order valence-electron chi connectivity index (χ4n) is 6.17. The average Bonchev–Trinajstić information content (AvgIpc) is 2.63. The van der Waals surface area contributed by atoms with Crippen LogP contribution in [0.4, 0.5) is 0 Å². The molecule has 0 radical (unpaired) electrons. The lowest BCUT2D eigenvalue weighted by Gasteiger charge is -2.58. The van der Waals surface area contributed by atoms with Gasteiger partial charge in [0.2, 0.25) is 5.91 Å². The number of hydrogen-bond acceptors (Lipinski definition) is 3. The molecular weight excluding hydrogens is 340 g/mol. The van der Waals surface area contributed by atoms with Crippen LogP contribution >= 0.6 is 0 Å². The van der Waals surface area contributed by atoms with Gasteiger partial charge in [-0.25, -0.2) is 0 Å². The topological polar surface area (TPSA) is 78.4 Å². The number of amides is 1. The number of carbonyl (C=O) groups excluding carboxylic acids is 1. The summed E-state index contributed by atoms with van der Waals surface area (Å²) >= 11 is 0. The van der Waals surface area contributed by atoms with Crippen molar-refractivity contribution in [2.24, 2.45) is 23.2 Å². The molecule has 146 valence electrons. The van der Waals surface area contributed by atoms with Crippen LogP contribution in [0.2, 0.25) is 0 Å². The van der Waals surface area contributed by atoms with Gasteiger partial charge in [0.1, 0.15) is 0 Å². The largest absolute Gasteiger partial charge is 0.481 e. The summed E-state index contributed by atoms with van der Waals surface area (Å²) in [6, 6.07) is 8.04. The molecule has 4 saturated carbocycles. The summed E-state index contributed by atoms with van der Waals surface area (Å²) in [5.41, 5.74) is 1.85. The summed E-state index contributed by atoms with van der Waals surface area (Å²) in [6.45, 7) is 2.07. The third kappa shape index (κ3) is 3.27. The van der Waals surface area contributed by atoms with Crippen LogP contribution in [0.5, 0.6) is 0 Å². The van der Waals surface area contributed by atoms with Crippen LogP contribution < -0.4 is 10.6 Å². The zero-order chi connectivity index (χ0) is 19.2. The van der Waals surface area contributed by atoms with E-state index in [9.17, 15) is 14.7 Å². The van der Waals surface area contributed by atoms with Crippen molar-refractivity contribution in [2.45, 2.75) is 57.5 Å². The molecule has 4 aliphatic rings. The maximum atomic E-state index is 13.0. The number of hydrogen-bond donors (Lipinski definition) is 3. The smallest absolute Gasteiger partial charge is 0.309 e. The van der Waals surface area contributed by atoms with E-state index in [1.165, 1.54) is 11.1 Å². The standard InChI is InChI=1S/C22H30N2O3/c1-13-5-3-4-6-15(13)9-18(23-2)20(25)24-19-16-7-14-8-17(19)12-22(10-14,11-16)21(26)27/h3-6,14,16-19,23H,7-12H2,1-2H3,(H,24,25)(H,26,27). The summed E-state index contributed by atoms with van der Waals surface area (Å²) in [5.74, 6) is 0.570. The van der Waals surface area contributed by atoms with Crippen molar-refractivity contribution in [3.05, 3.63) is 35.4 Å². The summed E-state index contributed by atoms with van der Waals surface area (Å²) in [6.07, 6.45) is 5.09. The molecule has 1 aromatic rings. The van der Waals surface area contributed by atoms with E-state index in [1.54, 1.807) is 0 Å². The van der Waals surface area contributed by atoms with E-state index in [4.69, 9.17) is 0 Å². The maximum Gasteiger partial charge on any atom is 0.309 e. The van der Waals surface area contributed by atoms with Crippen molar-refractivity contribution < 1.29 is 14.7 Å². The summed E-state index contributed by atoms with van der Waals surface area (Å²) in [5, 5.41) is 16.3. The van der Waals surface area contributed by atoms with Crippen LogP contribution in [0, 0.1) is 30.1 Å². The third-order valence-corrected chi connectivity index (χ3v) is 7.39. The first-order valence-electron chi connectivity index (χ1n) is 10.2. The molecule has 1 amide bonds. The minimum atomic E-state index is -0.626. The van der Waals surface area contributed by atoms with Crippen molar-refractivity contribution in [3.8, 4) is 0 Å². The van der Waals surface area contributed by atoms with E-state index in [-0.39, 0.29) is 18.0 Å². The second-order valence-electron chi connectivity index (χ2n) is 9.06. The Hall–Kier alpha value is -1.88. The lowest BCUT2D eigenvalue weighted by Crippen LogP contribution is -2.62. The van der Waals surface area contributed by atoms with Gasteiger partial charge in [-0.1, -0.05) is 24.3 Å². The zero-order valence-electron chi connectivity index (χ0n) is 16.2. The molecule has 0 aliphatic heterocycles. The number of benzene rings is 1. The summed E-state index contributed by atoms with van der Waals surface area (Å²) in [7, 11) is 1.83. The number of carboxylic acids is 1. The molecule has 0 aromatic heterocycles. The minimum Gasteiger partial charge on any atom is -0.481 e. The van der Waals surface area contributed by atoms with Gasteiger partial charge in [0, 0.05) is 6.04 Å². The molecule has 4 fully saturated rings. The molecule has 1 aromatic carbocycles. The molecule has 3 unspecified atom stereocenters. The Balaban J connectivity index is 1.45. The monoisotopic (exact) mass is 370 g/mol. The number of carbonyl (C=O) groups is 2. The molecule has 4 aliphatic carbocycles. The van der Waals surface area contributed by atoms with Crippen molar-refractivity contribution in [2.75, 3.05) is 7.05 Å². The molecule has 3 atom stereocenters. The van der Waals surface area contributed by atoms with Gasteiger partial charge in [-0.15, -0.1) is 0 Å². The van der Waals surface area contributed by atoms with Gasteiger partial charge in [0.25, 0.3) is 0 Å². The fraction of sp³-hybridized carbons (Fsp3) is 0.636. The Morgan fingerprint density at radius 1 is 1.19 bits per heavy atom. The SMILES string of the molecule is CNC(Cc1ccccc1C)C(=O)NC1C2CC3CC1CC(C(=O)O)(C3)C2. The summed E-state index contributed by atoms with van der Waals surface area (Å²) in [4.78, 5) is 24.9.